The van der Waals surface area contributed by atoms with E-state index in [1.54, 1.807) is 6.07 Å². The molecule has 0 saturated heterocycles. The highest BCUT2D eigenvalue weighted by atomic mass is 79.9. The highest BCUT2D eigenvalue weighted by molar-refractivity contribution is 9.10. The molecule has 16 heavy (non-hydrogen) atoms. The van der Waals surface area contributed by atoms with E-state index in [1.165, 1.54) is 0 Å². The molecular weight excluding hydrogens is 312 g/mol. The van der Waals surface area contributed by atoms with Crippen LogP contribution >= 0.6 is 39.7 Å². The van der Waals surface area contributed by atoms with Crippen molar-refractivity contribution in [1.29, 1.82) is 0 Å². The van der Waals surface area contributed by atoms with Gasteiger partial charge in [0.2, 0.25) is 10.7 Å². The smallest absolute Gasteiger partial charge is 0.224 e. The third-order valence-electron chi connectivity index (χ3n) is 1.85. The predicted molar refractivity (Wildman–Crippen MR) is 69.8 cm³/mol. The van der Waals surface area contributed by atoms with Crippen molar-refractivity contribution in [3.05, 3.63) is 32.5 Å². The lowest BCUT2D eigenvalue weighted by molar-refractivity contribution is 1.05. The number of nitrogens with one attached hydrogen (secondary N) is 1. The van der Waals surface area contributed by atoms with E-state index in [2.05, 4.69) is 30.9 Å². The molecule has 0 fully saturated rings. The van der Waals surface area contributed by atoms with E-state index in [0.29, 0.717) is 10.8 Å². The number of hydrogen-bond acceptors (Lipinski definition) is 4. The van der Waals surface area contributed by atoms with E-state index in [9.17, 15) is 0 Å². The zero-order valence-electron chi connectivity index (χ0n) is 7.87. The fraction of sp³-hybridized carbons (Fsp3) is 0. The number of aromatic amines is 1. The molecule has 2 aromatic rings. The molecule has 0 atom stereocenters. The largest absolute Gasteiger partial charge is 0.369 e. The number of benzene rings is 1. The van der Waals surface area contributed by atoms with Crippen LogP contribution in [0.3, 0.4) is 0 Å². The molecule has 0 aliphatic carbocycles. The van der Waals surface area contributed by atoms with Gasteiger partial charge in [0.25, 0.3) is 0 Å². The lowest BCUT2D eigenvalue weighted by atomic mass is 10.2. The summed E-state index contributed by atoms with van der Waals surface area (Å²) in [4.78, 5) is 10.7. The highest BCUT2D eigenvalue weighted by Crippen LogP contribution is 2.28. The molecule has 1 aromatic carbocycles. The zero-order chi connectivity index (χ0) is 11.7. The normalized spacial score (nSPS) is 10.4. The fourth-order valence-electron chi connectivity index (χ4n) is 1.21. The first-order valence-corrected chi connectivity index (χ1v) is 5.83. The molecule has 0 spiro atoms. The molecule has 0 aliphatic heterocycles. The maximum absolute atomic E-state index is 6.06. The van der Waals surface area contributed by atoms with Crippen LogP contribution in [0.1, 0.15) is 0 Å². The number of nitrogen functional groups attached to an aromatic ring is 1. The summed E-state index contributed by atoms with van der Waals surface area (Å²) in [5.41, 5.74) is 6.28. The van der Waals surface area contributed by atoms with Crippen LogP contribution in [0, 0.1) is 4.77 Å². The van der Waals surface area contributed by atoms with Crippen LogP contribution in [0.4, 0.5) is 5.95 Å². The van der Waals surface area contributed by atoms with Gasteiger partial charge in [-0.05, 0) is 30.4 Å². The number of aromatic nitrogens is 3. The van der Waals surface area contributed by atoms with E-state index in [4.69, 9.17) is 29.6 Å². The molecule has 4 nitrogen and oxygen atoms in total. The lowest BCUT2D eigenvalue weighted by Gasteiger charge is -2.04. The van der Waals surface area contributed by atoms with Crippen molar-refractivity contribution in [3.63, 3.8) is 0 Å². The van der Waals surface area contributed by atoms with Gasteiger partial charge in [-0.25, -0.2) is 4.98 Å². The molecule has 0 radical (unpaired) electrons. The van der Waals surface area contributed by atoms with Crippen molar-refractivity contribution >= 4 is 45.7 Å². The Morgan fingerprint density at radius 1 is 1.38 bits per heavy atom. The Kier molecular flexibility index (Phi) is 3.22. The van der Waals surface area contributed by atoms with Gasteiger partial charge in [0.1, 0.15) is 5.82 Å². The molecule has 1 heterocycles. The Morgan fingerprint density at radius 3 is 2.81 bits per heavy atom. The molecule has 0 amide bonds. The second-order valence-corrected chi connectivity index (χ2v) is 4.68. The van der Waals surface area contributed by atoms with Gasteiger partial charge in [0.05, 0.1) is 5.02 Å². The number of nitrogens with zero attached hydrogens (tertiary/aromatic N) is 2. The van der Waals surface area contributed by atoms with Crippen molar-refractivity contribution < 1.29 is 0 Å². The Bertz CT molecular complexity index is 598. The molecular formula is C9H6BrClN4S. The summed E-state index contributed by atoms with van der Waals surface area (Å²) in [5.74, 6) is 0.717. The summed E-state index contributed by atoms with van der Waals surface area (Å²) in [5, 5.41) is 0.562. The third kappa shape index (κ3) is 2.40. The third-order valence-corrected chi connectivity index (χ3v) is 2.86. The summed E-state index contributed by atoms with van der Waals surface area (Å²) in [6.07, 6.45) is 0. The monoisotopic (exact) mass is 316 g/mol. The number of anilines is 1. The maximum Gasteiger partial charge on any atom is 0.224 e. The Hall–Kier alpha value is -0.980. The van der Waals surface area contributed by atoms with Crippen LogP contribution in [0.2, 0.25) is 5.02 Å². The van der Waals surface area contributed by atoms with Crippen LogP contribution in [0.5, 0.6) is 0 Å². The molecule has 2 rings (SSSR count). The standard InChI is InChI=1S/C9H6BrClN4S/c10-4-1-2-6(11)5(3-4)7-13-8(12)15-9(16)14-7/h1-3H,(H3,12,13,14,15,16). The molecule has 0 bridgehead atoms. The average Bonchev–Trinajstić information content (AvgIpc) is 2.20. The second kappa shape index (κ2) is 4.48. The van der Waals surface area contributed by atoms with Crippen LogP contribution in [-0.4, -0.2) is 15.0 Å². The first-order chi connectivity index (χ1) is 7.56. The summed E-state index contributed by atoms with van der Waals surface area (Å²) < 4.78 is 1.07. The minimum absolute atomic E-state index is 0.183. The van der Waals surface area contributed by atoms with Crippen LogP contribution < -0.4 is 5.73 Å². The van der Waals surface area contributed by atoms with Gasteiger partial charge in [0, 0.05) is 10.0 Å². The van der Waals surface area contributed by atoms with Gasteiger partial charge in [0.15, 0.2) is 0 Å². The highest BCUT2D eigenvalue weighted by Gasteiger charge is 2.07. The van der Waals surface area contributed by atoms with Crippen molar-refractivity contribution in [3.8, 4) is 11.4 Å². The fourth-order valence-corrected chi connectivity index (χ4v) is 1.97. The van der Waals surface area contributed by atoms with Crippen molar-refractivity contribution in [2.75, 3.05) is 5.73 Å². The van der Waals surface area contributed by atoms with E-state index < -0.39 is 0 Å². The number of nitrogens with two attached hydrogens (primary N) is 1. The molecule has 0 saturated carbocycles. The minimum Gasteiger partial charge on any atom is -0.369 e. The molecule has 3 N–H and O–H groups in total. The van der Waals surface area contributed by atoms with Gasteiger partial charge in [-0.1, -0.05) is 27.5 Å². The number of rotatable bonds is 1. The molecule has 1 aromatic heterocycles. The number of halogens is 2. The average molecular weight is 318 g/mol. The molecule has 0 unspecified atom stereocenters. The second-order valence-electron chi connectivity index (χ2n) is 2.99. The Balaban J connectivity index is 2.66. The number of hydrogen-bond donors (Lipinski definition) is 2. The summed E-state index contributed by atoms with van der Waals surface area (Å²) >= 11 is 14.3. The van der Waals surface area contributed by atoms with Crippen molar-refractivity contribution in [2.24, 2.45) is 0 Å². The van der Waals surface area contributed by atoms with Crippen molar-refractivity contribution in [2.45, 2.75) is 0 Å². The topological polar surface area (TPSA) is 67.6 Å². The predicted octanol–water partition coefficient (Wildman–Crippen LogP) is 3.20. The lowest BCUT2D eigenvalue weighted by Crippen LogP contribution is -2.00. The quantitative estimate of drug-likeness (QED) is 0.793. The summed E-state index contributed by atoms with van der Waals surface area (Å²) in [6, 6.07) is 5.43. The van der Waals surface area contributed by atoms with E-state index in [1.807, 2.05) is 12.1 Å². The van der Waals surface area contributed by atoms with Gasteiger partial charge >= 0.3 is 0 Å². The molecule has 82 valence electrons. The van der Waals surface area contributed by atoms with Gasteiger partial charge in [-0.15, -0.1) is 0 Å². The SMILES string of the molecule is Nc1nc(=S)nc(-c2cc(Br)ccc2Cl)[nH]1. The van der Waals surface area contributed by atoms with Crippen molar-refractivity contribution in [1.82, 2.24) is 15.0 Å². The van der Waals surface area contributed by atoms with Gasteiger partial charge in [-0.2, -0.15) is 4.98 Å². The Morgan fingerprint density at radius 2 is 2.12 bits per heavy atom. The zero-order valence-corrected chi connectivity index (χ0v) is 11.0. The first-order valence-electron chi connectivity index (χ1n) is 4.25. The van der Waals surface area contributed by atoms with E-state index in [0.717, 1.165) is 10.0 Å². The van der Waals surface area contributed by atoms with Crippen LogP contribution in [0.25, 0.3) is 11.4 Å². The summed E-state index contributed by atoms with van der Waals surface area (Å²) in [6.45, 7) is 0. The maximum atomic E-state index is 6.06. The van der Waals surface area contributed by atoms with Crippen LogP contribution in [0.15, 0.2) is 22.7 Å². The first kappa shape index (κ1) is 11.5. The van der Waals surface area contributed by atoms with E-state index >= 15 is 0 Å². The number of H-pyrrole nitrogens is 1. The molecule has 7 heteroatoms. The summed E-state index contributed by atoms with van der Waals surface area (Å²) in [7, 11) is 0. The molecule has 0 aliphatic rings. The van der Waals surface area contributed by atoms with Gasteiger partial charge in [-0.3, -0.25) is 0 Å². The Labute approximate surface area is 110 Å². The van der Waals surface area contributed by atoms with Gasteiger partial charge < -0.3 is 10.7 Å². The van der Waals surface area contributed by atoms with Crippen LogP contribution in [-0.2, 0) is 0 Å². The minimum atomic E-state index is 0.183. The van der Waals surface area contributed by atoms with E-state index in [-0.39, 0.29) is 10.7 Å².